The van der Waals surface area contributed by atoms with Crippen molar-refractivity contribution in [1.29, 1.82) is 0 Å². The highest BCUT2D eigenvalue weighted by molar-refractivity contribution is 7.14. The molecule has 1 amide bonds. The van der Waals surface area contributed by atoms with Crippen LogP contribution < -0.4 is 10.2 Å². The van der Waals surface area contributed by atoms with Crippen molar-refractivity contribution in [2.75, 3.05) is 23.3 Å². The van der Waals surface area contributed by atoms with Gasteiger partial charge < -0.3 is 10.2 Å². The predicted octanol–water partition coefficient (Wildman–Crippen LogP) is 4.54. The van der Waals surface area contributed by atoms with Gasteiger partial charge in [-0.1, -0.05) is 25.0 Å². The molecule has 0 unspecified atom stereocenters. The Hall–Kier alpha value is -1.88. The van der Waals surface area contributed by atoms with Crippen LogP contribution in [0.1, 0.15) is 38.5 Å². The third kappa shape index (κ3) is 3.31. The highest BCUT2D eigenvalue weighted by Crippen LogP contribution is 2.31. The quantitative estimate of drug-likeness (QED) is 0.888. The molecule has 1 aliphatic carbocycles. The maximum Gasteiger partial charge on any atom is 0.227 e. The maximum atomic E-state index is 12.3. The standard InChI is InChI=1S/C19H23N3OS/c23-18(14-6-1-2-7-14)20-16-9-5-8-15(12-16)17-13-24-19(21-17)22-10-3-4-11-22/h5,8-9,12-14H,1-4,6-7,10-11H2,(H,20,23). The molecule has 0 bridgehead atoms. The Morgan fingerprint density at radius 2 is 1.96 bits per heavy atom. The molecule has 0 spiro atoms. The first-order valence-electron chi connectivity index (χ1n) is 8.91. The van der Waals surface area contributed by atoms with Crippen LogP contribution in [0.5, 0.6) is 0 Å². The number of anilines is 2. The van der Waals surface area contributed by atoms with E-state index >= 15 is 0 Å². The van der Waals surface area contributed by atoms with E-state index in [0.717, 1.165) is 48.0 Å². The molecule has 0 radical (unpaired) electrons. The summed E-state index contributed by atoms with van der Waals surface area (Å²) in [7, 11) is 0. The molecule has 2 aliphatic rings. The number of carbonyl (C=O) groups is 1. The second kappa shape index (κ2) is 6.93. The van der Waals surface area contributed by atoms with Crippen LogP contribution in [-0.4, -0.2) is 24.0 Å². The fourth-order valence-electron chi connectivity index (χ4n) is 3.64. The average Bonchev–Trinajstić information content (AvgIpc) is 3.36. The summed E-state index contributed by atoms with van der Waals surface area (Å²) in [4.78, 5) is 19.5. The van der Waals surface area contributed by atoms with Crippen molar-refractivity contribution >= 4 is 28.1 Å². The van der Waals surface area contributed by atoms with Crippen LogP contribution >= 0.6 is 11.3 Å². The van der Waals surface area contributed by atoms with Gasteiger partial charge >= 0.3 is 0 Å². The normalized spacial score (nSPS) is 18.2. The van der Waals surface area contributed by atoms with Crippen LogP contribution in [0.25, 0.3) is 11.3 Å². The van der Waals surface area contributed by atoms with Crippen molar-refractivity contribution in [3.05, 3.63) is 29.6 Å². The van der Waals surface area contributed by atoms with Gasteiger partial charge in [-0.15, -0.1) is 11.3 Å². The van der Waals surface area contributed by atoms with Crippen LogP contribution in [0.4, 0.5) is 10.8 Å². The monoisotopic (exact) mass is 341 g/mol. The second-order valence-corrected chi connectivity index (χ2v) is 7.60. The van der Waals surface area contributed by atoms with Crippen LogP contribution in [0.15, 0.2) is 29.6 Å². The summed E-state index contributed by atoms with van der Waals surface area (Å²) >= 11 is 1.71. The number of hydrogen-bond donors (Lipinski definition) is 1. The molecule has 24 heavy (non-hydrogen) atoms. The zero-order valence-electron chi connectivity index (χ0n) is 13.8. The van der Waals surface area contributed by atoms with Crippen molar-refractivity contribution < 1.29 is 4.79 Å². The van der Waals surface area contributed by atoms with Crippen molar-refractivity contribution in [2.45, 2.75) is 38.5 Å². The first-order chi connectivity index (χ1) is 11.8. The van der Waals surface area contributed by atoms with Gasteiger partial charge in [-0.2, -0.15) is 0 Å². The predicted molar refractivity (Wildman–Crippen MR) is 99.6 cm³/mol. The molecule has 1 aromatic carbocycles. The van der Waals surface area contributed by atoms with Gasteiger partial charge in [-0.25, -0.2) is 4.98 Å². The molecule has 2 aromatic rings. The zero-order valence-corrected chi connectivity index (χ0v) is 14.6. The first kappa shape index (κ1) is 15.6. The van der Waals surface area contributed by atoms with E-state index in [1.165, 1.54) is 25.7 Å². The summed E-state index contributed by atoms with van der Waals surface area (Å²) in [5, 5.41) is 6.31. The Morgan fingerprint density at radius 3 is 2.75 bits per heavy atom. The molecule has 1 aromatic heterocycles. The van der Waals surface area contributed by atoms with Crippen LogP contribution in [0.2, 0.25) is 0 Å². The summed E-state index contributed by atoms with van der Waals surface area (Å²) < 4.78 is 0. The molecule has 2 fully saturated rings. The van der Waals surface area contributed by atoms with Crippen molar-refractivity contribution in [3.8, 4) is 11.3 Å². The molecule has 1 aliphatic heterocycles. The topological polar surface area (TPSA) is 45.2 Å². The number of nitrogens with zero attached hydrogens (tertiary/aromatic N) is 2. The second-order valence-electron chi connectivity index (χ2n) is 6.76. The Bertz CT molecular complexity index is 715. The van der Waals surface area contributed by atoms with Gasteiger partial charge in [-0.05, 0) is 37.8 Å². The molecule has 126 valence electrons. The van der Waals surface area contributed by atoms with E-state index in [2.05, 4.69) is 21.7 Å². The average molecular weight is 341 g/mol. The van der Waals surface area contributed by atoms with Crippen molar-refractivity contribution in [1.82, 2.24) is 4.98 Å². The van der Waals surface area contributed by atoms with Gasteiger partial charge in [0.2, 0.25) is 5.91 Å². The molecule has 2 heterocycles. The lowest BCUT2D eigenvalue weighted by molar-refractivity contribution is -0.119. The third-order valence-electron chi connectivity index (χ3n) is 5.02. The molecule has 1 saturated heterocycles. The molecule has 5 heteroatoms. The molecule has 0 atom stereocenters. The summed E-state index contributed by atoms with van der Waals surface area (Å²) in [5.41, 5.74) is 2.94. The van der Waals surface area contributed by atoms with Gasteiger partial charge in [0.25, 0.3) is 0 Å². The minimum atomic E-state index is 0.167. The number of nitrogens with one attached hydrogen (secondary N) is 1. The molecule has 1 N–H and O–H groups in total. The number of aromatic nitrogens is 1. The molecule has 1 saturated carbocycles. The fourth-order valence-corrected chi connectivity index (χ4v) is 4.53. The zero-order chi connectivity index (χ0) is 16.4. The minimum Gasteiger partial charge on any atom is -0.348 e. The molecular weight excluding hydrogens is 318 g/mol. The Kier molecular flexibility index (Phi) is 4.52. The van der Waals surface area contributed by atoms with E-state index < -0.39 is 0 Å². The van der Waals surface area contributed by atoms with Crippen LogP contribution in [0.3, 0.4) is 0 Å². The highest BCUT2D eigenvalue weighted by atomic mass is 32.1. The fraction of sp³-hybridized carbons (Fsp3) is 0.474. The third-order valence-corrected chi connectivity index (χ3v) is 5.92. The van der Waals surface area contributed by atoms with Crippen LogP contribution in [-0.2, 0) is 4.79 Å². The SMILES string of the molecule is O=C(Nc1cccc(-c2csc(N3CCCC3)n2)c1)C1CCCC1. The smallest absolute Gasteiger partial charge is 0.227 e. The Balaban J connectivity index is 1.48. The number of benzene rings is 1. The number of carbonyl (C=O) groups excluding carboxylic acids is 1. The van der Waals surface area contributed by atoms with E-state index in [-0.39, 0.29) is 11.8 Å². The van der Waals surface area contributed by atoms with E-state index in [1.54, 1.807) is 11.3 Å². The van der Waals surface area contributed by atoms with Gasteiger partial charge in [-0.3, -0.25) is 4.79 Å². The maximum absolute atomic E-state index is 12.3. The largest absolute Gasteiger partial charge is 0.348 e. The molecule has 4 rings (SSSR count). The summed E-state index contributed by atoms with van der Waals surface area (Å²) in [6.45, 7) is 2.23. The van der Waals surface area contributed by atoms with Gasteiger partial charge in [0.1, 0.15) is 0 Å². The van der Waals surface area contributed by atoms with Gasteiger partial charge in [0.05, 0.1) is 5.69 Å². The van der Waals surface area contributed by atoms with Crippen molar-refractivity contribution in [3.63, 3.8) is 0 Å². The van der Waals surface area contributed by atoms with Gasteiger partial charge in [0, 0.05) is 35.6 Å². The Morgan fingerprint density at radius 1 is 1.17 bits per heavy atom. The lowest BCUT2D eigenvalue weighted by Gasteiger charge is -2.12. The lowest BCUT2D eigenvalue weighted by atomic mass is 10.1. The van der Waals surface area contributed by atoms with Gasteiger partial charge in [0.15, 0.2) is 5.13 Å². The molecule has 4 nitrogen and oxygen atoms in total. The first-order valence-corrected chi connectivity index (χ1v) is 9.79. The number of rotatable bonds is 4. The summed E-state index contributed by atoms with van der Waals surface area (Å²) in [6, 6.07) is 8.06. The van der Waals surface area contributed by atoms with E-state index in [4.69, 9.17) is 4.98 Å². The highest BCUT2D eigenvalue weighted by Gasteiger charge is 2.22. The summed E-state index contributed by atoms with van der Waals surface area (Å²) in [6.07, 6.45) is 6.93. The van der Waals surface area contributed by atoms with E-state index in [0.29, 0.717) is 0 Å². The molecular formula is C19H23N3OS. The lowest BCUT2D eigenvalue weighted by Crippen LogP contribution is -2.20. The van der Waals surface area contributed by atoms with E-state index in [1.807, 2.05) is 18.2 Å². The van der Waals surface area contributed by atoms with E-state index in [9.17, 15) is 4.79 Å². The summed E-state index contributed by atoms with van der Waals surface area (Å²) in [5.74, 6) is 0.357. The number of thiazole rings is 1. The minimum absolute atomic E-state index is 0.167. The number of amides is 1. The number of hydrogen-bond acceptors (Lipinski definition) is 4. The van der Waals surface area contributed by atoms with Crippen LogP contribution in [0, 0.1) is 5.92 Å². The van der Waals surface area contributed by atoms with Crippen molar-refractivity contribution in [2.24, 2.45) is 5.92 Å². The Labute approximate surface area is 146 Å².